The molecular formula is C30H32ClN3O6. The molecule has 4 rings (SSSR count). The first-order valence-corrected chi connectivity index (χ1v) is 13.3. The molecule has 0 unspecified atom stereocenters. The normalized spacial score (nSPS) is 13.0. The van der Waals surface area contributed by atoms with E-state index in [1.165, 1.54) is 12.0 Å². The molecule has 1 aliphatic heterocycles. The van der Waals surface area contributed by atoms with Crippen LogP contribution in [-0.2, 0) is 32.2 Å². The summed E-state index contributed by atoms with van der Waals surface area (Å²) in [6.45, 7) is 1.89. The summed E-state index contributed by atoms with van der Waals surface area (Å²) < 4.78 is 16.2. The maximum Gasteiger partial charge on any atom is 0.260 e. The van der Waals surface area contributed by atoms with Crippen LogP contribution in [0.25, 0.3) is 0 Å². The summed E-state index contributed by atoms with van der Waals surface area (Å²) in [5.74, 6) is -0.376. The fourth-order valence-corrected chi connectivity index (χ4v) is 4.56. The number of para-hydroxylation sites is 1. The summed E-state index contributed by atoms with van der Waals surface area (Å²) >= 11 is 6.52. The highest BCUT2D eigenvalue weighted by atomic mass is 35.5. The third kappa shape index (κ3) is 7.81. The molecule has 0 bridgehead atoms. The second-order valence-corrected chi connectivity index (χ2v) is 9.55. The van der Waals surface area contributed by atoms with Crippen LogP contribution in [0.4, 0.5) is 5.69 Å². The zero-order chi connectivity index (χ0) is 28.3. The Morgan fingerprint density at radius 2 is 1.75 bits per heavy atom. The van der Waals surface area contributed by atoms with Gasteiger partial charge >= 0.3 is 0 Å². The van der Waals surface area contributed by atoms with E-state index in [1.807, 2.05) is 54.6 Å². The molecule has 3 aromatic carbocycles. The third-order valence-electron chi connectivity index (χ3n) is 6.29. The lowest BCUT2D eigenvalue weighted by Gasteiger charge is -2.23. The standard InChI is InChI=1S/C30H32ClN3O6/c1-38-21-28(35)32-13-14-33-18-23-9-5-6-10-27(23)34(19-29(33)36)30(37)25-12-11-24(17-26(25)31)40-16-15-39-20-22-7-3-2-4-8-22/h2-12,17H,13-16,18-21H2,1H3,(H,32,35). The van der Waals surface area contributed by atoms with Crippen molar-refractivity contribution in [2.75, 3.05) is 51.5 Å². The van der Waals surface area contributed by atoms with Crippen LogP contribution >= 0.6 is 11.6 Å². The zero-order valence-electron chi connectivity index (χ0n) is 22.3. The van der Waals surface area contributed by atoms with E-state index in [1.54, 1.807) is 23.1 Å². The molecule has 1 N–H and O–H groups in total. The fourth-order valence-electron chi connectivity index (χ4n) is 4.31. The molecule has 0 aliphatic carbocycles. The van der Waals surface area contributed by atoms with Crippen molar-refractivity contribution >= 4 is 35.0 Å². The molecule has 9 nitrogen and oxygen atoms in total. The number of rotatable bonds is 12. The minimum Gasteiger partial charge on any atom is -0.491 e. The second kappa shape index (κ2) is 14.5. The van der Waals surface area contributed by atoms with Crippen molar-refractivity contribution in [3.8, 4) is 5.75 Å². The lowest BCUT2D eigenvalue weighted by molar-refractivity contribution is -0.131. The summed E-state index contributed by atoms with van der Waals surface area (Å²) in [5, 5.41) is 2.94. The van der Waals surface area contributed by atoms with Crippen LogP contribution in [0.3, 0.4) is 0 Å². The number of nitrogens with zero attached hydrogens (tertiary/aromatic N) is 2. The molecule has 10 heteroatoms. The van der Waals surface area contributed by atoms with E-state index in [4.69, 9.17) is 25.8 Å². The third-order valence-corrected chi connectivity index (χ3v) is 6.61. The maximum absolute atomic E-state index is 13.6. The Labute approximate surface area is 238 Å². The second-order valence-electron chi connectivity index (χ2n) is 9.15. The number of fused-ring (bicyclic) bond motifs is 1. The van der Waals surface area contributed by atoms with Crippen LogP contribution in [0.5, 0.6) is 5.75 Å². The van der Waals surface area contributed by atoms with Crippen LogP contribution < -0.4 is 15.0 Å². The first-order valence-electron chi connectivity index (χ1n) is 12.9. The molecule has 0 radical (unpaired) electrons. The molecule has 1 aliphatic rings. The van der Waals surface area contributed by atoms with Crippen molar-refractivity contribution < 1.29 is 28.6 Å². The topological polar surface area (TPSA) is 97.4 Å². The Bertz CT molecular complexity index is 1320. The highest BCUT2D eigenvalue weighted by Crippen LogP contribution is 2.30. The van der Waals surface area contributed by atoms with E-state index >= 15 is 0 Å². The van der Waals surface area contributed by atoms with Crippen LogP contribution in [0.15, 0.2) is 72.8 Å². The molecule has 0 saturated carbocycles. The van der Waals surface area contributed by atoms with Gasteiger partial charge in [0.25, 0.3) is 5.91 Å². The van der Waals surface area contributed by atoms with Crippen molar-refractivity contribution in [3.63, 3.8) is 0 Å². The van der Waals surface area contributed by atoms with E-state index < -0.39 is 5.91 Å². The number of hydrogen-bond acceptors (Lipinski definition) is 6. The van der Waals surface area contributed by atoms with Gasteiger partial charge < -0.3 is 24.4 Å². The van der Waals surface area contributed by atoms with Crippen LogP contribution in [0.2, 0.25) is 5.02 Å². The molecule has 3 amide bonds. The van der Waals surface area contributed by atoms with Crippen molar-refractivity contribution in [2.24, 2.45) is 0 Å². The molecule has 0 fully saturated rings. The van der Waals surface area contributed by atoms with Gasteiger partial charge in [0, 0.05) is 32.4 Å². The Hall–Kier alpha value is -3.92. The number of amides is 3. The van der Waals surface area contributed by atoms with E-state index in [0.29, 0.717) is 44.3 Å². The smallest absolute Gasteiger partial charge is 0.260 e. The van der Waals surface area contributed by atoms with Gasteiger partial charge in [0.1, 0.15) is 25.5 Å². The Morgan fingerprint density at radius 1 is 0.975 bits per heavy atom. The Balaban J connectivity index is 1.38. The van der Waals surface area contributed by atoms with E-state index in [-0.39, 0.29) is 42.1 Å². The predicted molar refractivity (Wildman–Crippen MR) is 151 cm³/mol. The maximum atomic E-state index is 13.6. The number of carbonyl (C=O) groups is 3. The van der Waals surface area contributed by atoms with Gasteiger partial charge in [-0.15, -0.1) is 0 Å². The minimum atomic E-state index is -0.390. The molecule has 0 aromatic heterocycles. The van der Waals surface area contributed by atoms with Gasteiger partial charge in [-0.2, -0.15) is 0 Å². The minimum absolute atomic E-state index is 0.0499. The van der Waals surface area contributed by atoms with E-state index in [2.05, 4.69) is 5.32 Å². The molecule has 0 spiro atoms. The van der Waals surface area contributed by atoms with Gasteiger partial charge in [-0.3, -0.25) is 19.3 Å². The van der Waals surface area contributed by atoms with E-state index in [0.717, 1.165) is 11.1 Å². The zero-order valence-corrected chi connectivity index (χ0v) is 23.1. The SMILES string of the molecule is COCC(=O)NCCN1Cc2ccccc2N(C(=O)c2ccc(OCCOCc3ccccc3)cc2Cl)CC1=O. The molecule has 40 heavy (non-hydrogen) atoms. The van der Waals surface area contributed by atoms with Crippen molar-refractivity contribution in [3.05, 3.63) is 94.5 Å². The van der Waals surface area contributed by atoms with Crippen LogP contribution in [-0.4, -0.2) is 69.2 Å². The molecule has 210 valence electrons. The fraction of sp³-hybridized carbons (Fsp3) is 0.300. The number of halogens is 1. The Morgan fingerprint density at radius 3 is 2.52 bits per heavy atom. The average Bonchev–Trinajstić information content (AvgIpc) is 3.09. The number of carbonyl (C=O) groups excluding carboxylic acids is 3. The average molecular weight is 566 g/mol. The van der Waals surface area contributed by atoms with Gasteiger partial charge in [-0.1, -0.05) is 60.1 Å². The van der Waals surface area contributed by atoms with Gasteiger partial charge in [0.05, 0.1) is 23.8 Å². The molecule has 3 aromatic rings. The van der Waals surface area contributed by atoms with Crippen molar-refractivity contribution in [1.29, 1.82) is 0 Å². The summed E-state index contributed by atoms with van der Waals surface area (Å²) in [7, 11) is 1.44. The van der Waals surface area contributed by atoms with Crippen molar-refractivity contribution in [1.82, 2.24) is 10.2 Å². The highest BCUT2D eigenvalue weighted by Gasteiger charge is 2.30. The molecule has 1 heterocycles. The van der Waals surface area contributed by atoms with Gasteiger partial charge in [0.15, 0.2) is 0 Å². The van der Waals surface area contributed by atoms with E-state index in [9.17, 15) is 14.4 Å². The molecule has 0 saturated heterocycles. The van der Waals surface area contributed by atoms with Gasteiger partial charge in [-0.05, 0) is 35.4 Å². The number of hydrogen-bond donors (Lipinski definition) is 1. The van der Waals surface area contributed by atoms with Crippen LogP contribution in [0, 0.1) is 0 Å². The van der Waals surface area contributed by atoms with Gasteiger partial charge in [-0.25, -0.2) is 0 Å². The summed E-state index contributed by atoms with van der Waals surface area (Å²) in [5.41, 5.74) is 2.80. The molecular weight excluding hydrogens is 534 g/mol. The number of methoxy groups -OCH3 is 1. The largest absolute Gasteiger partial charge is 0.491 e. The summed E-state index contributed by atoms with van der Waals surface area (Å²) in [6, 6.07) is 22.1. The highest BCUT2D eigenvalue weighted by molar-refractivity contribution is 6.34. The summed E-state index contributed by atoms with van der Waals surface area (Å²) in [4.78, 5) is 41.6. The Kier molecular flexibility index (Phi) is 10.5. The molecule has 0 atom stereocenters. The quantitative estimate of drug-likeness (QED) is 0.337. The number of ether oxygens (including phenoxy) is 3. The number of anilines is 1. The first-order chi connectivity index (χ1) is 19.5. The monoisotopic (exact) mass is 565 g/mol. The lowest BCUT2D eigenvalue weighted by atomic mass is 10.1. The first kappa shape index (κ1) is 29.1. The van der Waals surface area contributed by atoms with Crippen molar-refractivity contribution in [2.45, 2.75) is 13.2 Å². The lowest BCUT2D eigenvalue weighted by Crippen LogP contribution is -2.43. The predicted octanol–water partition coefficient (Wildman–Crippen LogP) is 3.69. The van der Waals surface area contributed by atoms with Gasteiger partial charge in [0.2, 0.25) is 11.8 Å². The number of benzene rings is 3. The number of nitrogens with one attached hydrogen (secondary N) is 1. The summed E-state index contributed by atoms with van der Waals surface area (Å²) in [6.07, 6.45) is 0. The van der Waals surface area contributed by atoms with Crippen LogP contribution in [0.1, 0.15) is 21.5 Å².